The fraction of sp³-hybridized carbons (Fsp3) is 0.231. The molecule has 5 rings (SSSR count). The van der Waals surface area contributed by atoms with E-state index in [9.17, 15) is 9.59 Å². The molecule has 2 heterocycles. The van der Waals surface area contributed by atoms with E-state index in [1.165, 1.54) is 4.90 Å². The van der Waals surface area contributed by atoms with Crippen LogP contribution in [0.15, 0.2) is 72.8 Å². The van der Waals surface area contributed by atoms with E-state index in [0.717, 1.165) is 16.8 Å². The van der Waals surface area contributed by atoms with Crippen LogP contribution < -0.4 is 19.4 Å². The Morgan fingerprint density at radius 1 is 0.818 bits per heavy atom. The molecule has 7 heteroatoms. The van der Waals surface area contributed by atoms with Gasteiger partial charge in [0.15, 0.2) is 6.10 Å². The van der Waals surface area contributed by atoms with Crippen LogP contribution in [0.2, 0.25) is 0 Å². The molecule has 3 unspecified atom stereocenters. The van der Waals surface area contributed by atoms with Gasteiger partial charge in [0.25, 0.3) is 5.91 Å². The van der Waals surface area contributed by atoms with Crippen molar-refractivity contribution in [3.05, 3.63) is 83.9 Å². The molecule has 3 aromatic carbocycles. The zero-order valence-corrected chi connectivity index (χ0v) is 18.6. The minimum absolute atomic E-state index is 0.296. The first-order valence-electron chi connectivity index (χ1n) is 10.7. The van der Waals surface area contributed by atoms with E-state index in [2.05, 4.69) is 0 Å². The number of methoxy groups -OCH3 is 2. The molecule has 0 radical (unpaired) electrons. The van der Waals surface area contributed by atoms with Crippen LogP contribution in [-0.4, -0.2) is 32.1 Å². The third-order valence-electron chi connectivity index (χ3n) is 6.18. The van der Waals surface area contributed by atoms with E-state index < -0.39 is 18.1 Å². The molecule has 2 aliphatic heterocycles. The molecular weight excluding hydrogens is 420 g/mol. The molecule has 168 valence electrons. The Hall–Kier alpha value is -3.84. The number of hydrogen-bond acceptors (Lipinski definition) is 6. The van der Waals surface area contributed by atoms with Gasteiger partial charge in [-0.3, -0.25) is 14.4 Å². The third kappa shape index (κ3) is 3.41. The average Bonchev–Trinajstić information content (AvgIpc) is 3.35. The Labute approximate surface area is 192 Å². The second-order valence-corrected chi connectivity index (χ2v) is 8.11. The van der Waals surface area contributed by atoms with E-state index in [-0.39, 0.29) is 11.8 Å². The van der Waals surface area contributed by atoms with Gasteiger partial charge in [0, 0.05) is 11.6 Å². The zero-order valence-electron chi connectivity index (χ0n) is 18.6. The van der Waals surface area contributed by atoms with Crippen LogP contribution in [0.3, 0.4) is 0 Å². The normalized spacial score (nSPS) is 22.0. The lowest BCUT2D eigenvalue weighted by atomic mass is 9.90. The molecule has 2 fully saturated rings. The van der Waals surface area contributed by atoms with Crippen LogP contribution in [0, 0.1) is 12.8 Å². The van der Waals surface area contributed by atoms with Gasteiger partial charge in [-0.2, -0.15) is 0 Å². The van der Waals surface area contributed by atoms with Gasteiger partial charge in [-0.1, -0.05) is 35.9 Å². The Kier molecular flexibility index (Phi) is 5.26. The molecule has 7 nitrogen and oxygen atoms in total. The Morgan fingerprint density at radius 3 is 2.21 bits per heavy atom. The summed E-state index contributed by atoms with van der Waals surface area (Å²) >= 11 is 0. The van der Waals surface area contributed by atoms with E-state index in [1.54, 1.807) is 37.5 Å². The van der Waals surface area contributed by atoms with Crippen LogP contribution in [0.1, 0.15) is 17.2 Å². The molecular formula is C26H24N2O5. The van der Waals surface area contributed by atoms with E-state index >= 15 is 0 Å². The fourth-order valence-corrected chi connectivity index (χ4v) is 4.54. The van der Waals surface area contributed by atoms with E-state index in [0.29, 0.717) is 17.2 Å². The minimum Gasteiger partial charge on any atom is -0.497 e. The maximum atomic E-state index is 13.7. The van der Waals surface area contributed by atoms with Crippen molar-refractivity contribution in [2.45, 2.75) is 19.1 Å². The van der Waals surface area contributed by atoms with Gasteiger partial charge in [-0.25, -0.2) is 9.96 Å². The lowest BCUT2D eigenvalue weighted by molar-refractivity contribution is -0.126. The first kappa shape index (κ1) is 21.0. The van der Waals surface area contributed by atoms with Crippen molar-refractivity contribution in [1.82, 2.24) is 0 Å². The molecule has 3 atom stereocenters. The topological polar surface area (TPSA) is 68.3 Å². The van der Waals surface area contributed by atoms with Crippen molar-refractivity contribution in [3.8, 4) is 11.5 Å². The number of carbonyl (C=O) groups is 2. The minimum atomic E-state index is -0.934. The monoisotopic (exact) mass is 444 g/mol. The Balaban J connectivity index is 1.62. The third-order valence-corrected chi connectivity index (χ3v) is 6.18. The number of nitrogens with zero attached hydrogens (tertiary/aromatic N) is 2. The van der Waals surface area contributed by atoms with Crippen LogP contribution in [0.4, 0.5) is 11.4 Å². The second-order valence-electron chi connectivity index (χ2n) is 8.11. The van der Waals surface area contributed by atoms with Crippen LogP contribution in [-0.2, 0) is 14.4 Å². The molecule has 33 heavy (non-hydrogen) atoms. The van der Waals surface area contributed by atoms with E-state index in [4.69, 9.17) is 14.3 Å². The number of aryl methyl sites for hydroxylation is 1. The standard InChI is InChI=1S/C26H24N2O5/c1-16-9-11-17(12-10-16)27-25(29)22-23(20-14-13-19(31-2)15-21(20)32-3)28(33-24(22)26(27)30)18-7-5-4-6-8-18/h4-15,22-24H,1-3H3. The number of carbonyl (C=O) groups excluding carboxylic acids is 2. The van der Waals surface area contributed by atoms with Crippen LogP contribution in [0.25, 0.3) is 0 Å². The van der Waals surface area contributed by atoms with Gasteiger partial charge in [-0.15, -0.1) is 0 Å². The van der Waals surface area contributed by atoms with Crippen molar-refractivity contribution >= 4 is 23.2 Å². The number of anilines is 2. The molecule has 0 aliphatic carbocycles. The van der Waals surface area contributed by atoms with Gasteiger partial charge in [0.1, 0.15) is 17.4 Å². The summed E-state index contributed by atoms with van der Waals surface area (Å²) in [6.07, 6.45) is -0.934. The van der Waals surface area contributed by atoms with Crippen molar-refractivity contribution in [2.75, 3.05) is 24.2 Å². The number of hydroxylamine groups is 1. The van der Waals surface area contributed by atoms with Gasteiger partial charge in [0.05, 0.1) is 31.6 Å². The number of para-hydroxylation sites is 1. The van der Waals surface area contributed by atoms with Crippen molar-refractivity contribution in [3.63, 3.8) is 0 Å². The van der Waals surface area contributed by atoms with Crippen molar-refractivity contribution in [1.29, 1.82) is 0 Å². The van der Waals surface area contributed by atoms with E-state index in [1.807, 2.05) is 61.5 Å². The highest BCUT2D eigenvalue weighted by Crippen LogP contribution is 2.49. The summed E-state index contributed by atoms with van der Waals surface area (Å²) in [7, 11) is 3.15. The van der Waals surface area contributed by atoms with Gasteiger partial charge in [0.2, 0.25) is 5.91 Å². The van der Waals surface area contributed by atoms with Gasteiger partial charge < -0.3 is 9.47 Å². The summed E-state index contributed by atoms with van der Waals surface area (Å²) in [5.74, 6) is -0.216. The Bertz CT molecular complexity index is 1200. The summed E-state index contributed by atoms with van der Waals surface area (Å²) in [4.78, 5) is 34.5. The number of imide groups is 1. The first-order chi connectivity index (χ1) is 16.0. The number of benzene rings is 3. The molecule has 2 saturated heterocycles. The first-order valence-corrected chi connectivity index (χ1v) is 10.7. The number of rotatable bonds is 5. The highest BCUT2D eigenvalue weighted by molar-refractivity contribution is 6.23. The number of amides is 2. The molecule has 3 aromatic rings. The summed E-state index contributed by atoms with van der Waals surface area (Å²) in [5.41, 5.74) is 3.07. The maximum absolute atomic E-state index is 13.7. The molecule has 2 amide bonds. The second kappa shape index (κ2) is 8.26. The van der Waals surface area contributed by atoms with Gasteiger partial charge in [-0.05, 0) is 43.3 Å². The number of fused-ring (bicyclic) bond motifs is 1. The van der Waals surface area contributed by atoms with Crippen molar-refractivity contribution in [2.24, 2.45) is 5.92 Å². The predicted molar refractivity (Wildman–Crippen MR) is 123 cm³/mol. The summed E-state index contributed by atoms with van der Waals surface area (Å²) in [5, 5.41) is 1.65. The van der Waals surface area contributed by atoms with Gasteiger partial charge >= 0.3 is 0 Å². The molecule has 0 spiro atoms. The lowest BCUT2D eigenvalue weighted by Crippen LogP contribution is -2.37. The summed E-state index contributed by atoms with van der Waals surface area (Å²) in [6.45, 7) is 1.96. The lowest BCUT2D eigenvalue weighted by Gasteiger charge is -2.29. The largest absolute Gasteiger partial charge is 0.497 e. The zero-order chi connectivity index (χ0) is 23.1. The van der Waals surface area contributed by atoms with Crippen molar-refractivity contribution < 1.29 is 23.9 Å². The Morgan fingerprint density at radius 2 is 1.55 bits per heavy atom. The summed E-state index contributed by atoms with van der Waals surface area (Å²) in [6, 6.07) is 21.6. The molecule has 2 aliphatic rings. The quantitative estimate of drug-likeness (QED) is 0.553. The SMILES string of the molecule is COc1ccc(C2C3C(=O)N(c4ccc(C)cc4)C(=O)C3ON2c2ccccc2)c(OC)c1. The molecule has 0 saturated carbocycles. The number of hydrogen-bond donors (Lipinski definition) is 0. The maximum Gasteiger partial charge on any atom is 0.266 e. The summed E-state index contributed by atoms with van der Waals surface area (Å²) < 4.78 is 11.0. The molecule has 0 bridgehead atoms. The predicted octanol–water partition coefficient (Wildman–Crippen LogP) is 4.06. The average molecular weight is 444 g/mol. The molecule has 0 aromatic heterocycles. The fourth-order valence-electron chi connectivity index (χ4n) is 4.54. The highest BCUT2D eigenvalue weighted by Gasteiger charge is 2.60. The number of ether oxygens (including phenoxy) is 2. The van der Waals surface area contributed by atoms with Crippen LogP contribution in [0.5, 0.6) is 11.5 Å². The highest BCUT2D eigenvalue weighted by atomic mass is 16.7. The molecule has 0 N–H and O–H groups in total. The van der Waals surface area contributed by atoms with Crippen LogP contribution >= 0.6 is 0 Å². The smallest absolute Gasteiger partial charge is 0.266 e.